The van der Waals surface area contributed by atoms with Crippen LogP contribution in [0.3, 0.4) is 0 Å². The van der Waals surface area contributed by atoms with Gasteiger partial charge < -0.3 is 0 Å². The summed E-state index contributed by atoms with van der Waals surface area (Å²) < 4.78 is 0. The molecule has 0 saturated carbocycles. The summed E-state index contributed by atoms with van der Waals surface area (Å²) in [5.74, 6) is 0.176. The van der Waals surface area contributed by atoms with Gasteiger partial charge in [0.25, 0.3) is 0 Å². The van der Waals surface area contributed by atoms with Crippen LogP contribution < -0.4 is 0 Å². The van der Waals surface area contributed by atoms with E-state index in [-0.39, 0.29) is 5.91 Å². The summed E-state index contributed by atoms with van der Waals surface area (Å²) in [6.07, 6.45) is 13.3. The van der Waals surface area contributed by atoms with Crippen molar-refractivity contribution in [3.05, 3.63) is 0 Å². The molecule has 0 aromatic carbocycles. The van der Waals surface area contributed by atoms with Gasteiger partial charge in [-0.1, -0.05) is 58.3 Å². The van der Waals surface area contributed by atoms with Gasteiger partial charge in [0.2, 0.25) is 5.91 Å². The maximum absolute atomic E-state index is 11.7. The third-order valence-electron chi connectivity index (χ3n) is 3.53. The monoisotopic (exact) mass is 255 g/mol. The molecule has 1 saturated heterocycles. The second-order valence-electron chi connectivity index (χ2n) is 5.26. The van der Waals surface area contributed by atoms with Gasteiger partial charge in [-0.3, -0.25) is 9.63 Å². The number of carbonyl (C=O) groups is 1. The van der Waals surface area contributed by atoms with Crippen LogP contribution in [0.25, 0.3) is 0 Å². The molecule has 18 heavy (non-hydrogen) atoms. The highest BCUT2D eigenvalue weighted by atomic mass is 16.7. The number of nitrogens with zero attached hydrogens (tertiary/aromatic N) is 1. The van der Waals surface area contributed by atoms with Crippen molar-refractivity contribution in [2.75, 3.05) is 13.2 Å². The SMILES string of the molecule is CCCCCCCCCCCC(=O)N1CCCO1. The first-order chi connectivity index (χ1) is 8.84. The largest absolute Gasteiger partial charge is 0.273 e. The Hall–Kier alpha value is -0.570. The van der Waals surface area contributed by atoms with Crippen molar-refractivity contribution in [1.29, 1.82) is 0 Å². The maximum Gasteiger partial charge on any atom is 0.246 e. The predicted molar refractivity (Wildman–Crippen MR) is 74.1 cm³/mol. The molecule has 0 radical (unpaired) electrons. The summed E-state index contributed by atoms with van der Waals surface area (Å²) in [6, 6.07) is 0. The van der Waals surface area contributed by atoms with Crippen LogP contribution in [0.15, 0.2) is 0 Å². The van der Waals surface area contributed by atoms with E-state index in [1.54, 1.807) is 5.06 Å². The molecule has 0 N–H and O–H groups in total. The van der Waals surface area contributed by atoms with Crippen LogP contribution in [0.4, 0.5) is 0 Å². The number of carbonyl (C=O) groups excluding carboxylic acids is 1. The molecule has 3 heteroatoms. The molecule has 1 aliphatic heterocycles. The van der Waals surface area contributed by atoms with Gasteiger partial charge >= 0.3 is 0 Å². The first kappa shape index (κ1) is 15.5. The molecule has 106 valence electrons. The molecule has 3 nitrogen and oxygen atoms in total. The lowest BCUT2D eigenvalue weighted by molar-refractivity contribution is -0.168. The number of hydrogen-bond donors (Lipinski definition) is 0. The van der Waals surface area contributed by atoms with Gasteiger partial charge in [0, 0.05) is 6.42 Å². The molecule has 0 bridgehead atoms. The standard InChI is InChI=1S/C15H29NO2/c1-2-3-4-5-6-7-8-9-10-12-15(17)16-13-11-14-18-16/h2-14H2,1H3. The van der Waals surface area contributed by atoms with Crippen LogP contribution in [-0.2, 0) is 9.63 Å². The Balaban J connectivity index is 1.82. The summed E-state index contributed by atoms with van der Waals surface area (Å²) in [7, 11) is 0. The van der Waals surface area contributed by atoms with Gasteiger partial charge in [-0.15, -0.1) is 0 Å². The van der Waals surface area contributed by atoms with E-state index in [4.69, 9.17) is 4.84 Å². The van der Waals surface area contributed by atoms with Gasteiger partial charge in [-0.05, 0) is 12.8 Å². The number of rotatable bonds is 10. The number of amides is 1. The summed E-state index contributed by atoms with van der Waals surface area (Å²) in [6.45, 7) is 3.75. The molecule has 0 unspecified atom stereocenters. The van der Waals surface area contributed by atoms with Crippen LogP contribution in [0.5, 0.6) is 0 Å². The molecule has 1 heterocycles. The predicted octanol–water partition coefficient (Wildman–Crippen LogP) is 4.07. The molecule has 0 aromatic rings. The Morgan fingerprint density at radius 1 is 1.00 bits per heavy atom. The van der Waals surface area contributed by atoms with E-state index in [0.717, 1.165) is 19.4 Å². The van der Waals surface area contributed by atoms with Crippen molar-refractivity contribution >= 4 is 5.91 Å². The summed E-state index contributed by atoms with van der Waals surface area (Å²) in [5, 5.41) is 1.55. The van der Waals surface area contributed by atoms with E-state index < -0.39 is 0 Å². The quantitative estimate of drug-likeness (QED) is 0.551. The average molecular weight is 255 g/mol. The lowest BCUT2D eigenvalue weighted by Crippen LogP contribution is -2.26. The number of hydroxylamine groups is 2. The molecule has 0 aromatic heterocycles. The molecule has 1 fully saturated rings. The third-order valence-corrected chi connectivity index (χ3v) is 3.53. The van der Waals surface area contributed by atoms with Gasteiger partial charge in [0.05, 0.1) is 13.2 Å². The van der Waals surface area contributed by atoms with Gasteiger partial charge in [0.15, 0.2) is 0 Å². The van der Waals surface area contributed by atoms with Gasteiger partial charge in [-0.25, -0.2) is 5.06 Å². The van der Waals surface area contributed by atoms with E-state index >= 15 is 0 Å². The lowest BCUT2D eigenvalue weighted by atomic mass is 10.1. The molecule has 1 rings (SSSR count). The highest BCUT2D eigenvalue weighted by Crippen LogP contribution is 2.12. The molecule has 0 atom stereocenters. The van der Waals surface area contributed by atoms with Gasteiger partial charge in [-0.2, -0.15) is 0 Å². The average Bonchev–Trinajstić information content (AvgIpc) is 2.90. The van der Waals surface area contributed by atoms with Crippen LogP contribution in [0.1, 0.15) is 77.6 Å². The Labute approximate surface area is 112 Å². The van der Waals surface area contributed by atoms with E-state index in [1.165, 1.54) is 51.4 Å². The second-order valence-corrected chi connectivity index (χ2v) is 5.26. The lowest BCUT2D eigenvalue weighted by Gasteiger charge is -2.13. The Kier molecular flexibility index (Phi) is 8.92. The van der Waals surface area contributed by atoms with Crippen molar-refractivity contribution in [2.24, 2.45) is 0 Å². The molecular formula is C15H29NO2. The molecule has 0 aliphatic carbocycles. The van der Waals surface area contributed by atoms with Crippen molar-refractivity contribution in [3.8, 4) is 0 Å². The fraction of sp³-hybridized carbons (Fsp3) is 0.933. The smallest absolute Gasteiger partial charge is 0.246 e. The van der Waals surface area contributed by atoms with Crippen LogP contribution in [0, 0.1) is 0 Å². The van der Waals surface area contributed by atoms with E-state index in [0.29, 0.717) is 13.0 Å². The Morgan fingerprint density at radius 3 is 2.17 bits per heavy atom. The topological polar surface area (TPSA) is 29.5 Å². The zero-order valence-electron chi connectivity index (χ0n) is 12.0. The summed E-state index contributed by atoms with van der Waals surface area (Å²) in [5.41, 5.74) is 0. The zero-order valence-corrected chi connectivity index (χ0v) is 12.0. The summed E-state index contributed by atoms with van der Waals surface area (Å²) >= 11 is 0. The van der Waals surface area contributed by atoms with E-state index in [9.17, 15) is 4.79 Å². The second kappa shape index (κ2) is 10.4. The van der Waals surface area contributed by atoms with Crippen molar-refractivity contribution < 1.29 is 9.63 Å². The Morgan fingerprint density at radius 2 is 1.61 bits per heavy atom. The van der Waals surface area contributed by atoms with Crippen LogP contribution in [0.2, 0.25) is 0 Å². The molecule has 1 aliphatic rings. The minimum absolute atomic E-state index is 0.176. The van der Waals surface area contributed by atoms with E-state index in [1.807, 2.05) is 0 Å². The highest BCUT2D eigenvalue weighted by molar-refractivity contribution is 5.75. The van der Waals surface area contributed by atoms with E-state index in [2.05, 4.69) is 6.92 Å². The molecule has 1 amide bonds. The summed E-state index contributed by atoms with van der Waals surface area (Å²) in [4.78, 5) is 16.9. The van der Waals surface area contributed by atoms with Crippen LogP contribution >= 0.6 is 0 Å². The zero-order chi connectivity index (χ0) is 13.1. The normalized spacial score (nSPS) is 15.3. The third kappa shape index (κ3) is 7.00. The highest BCUT2D eigenvalue weighted by Gasteiger charge is 2.18. The fourth-order valence-corrected chi connectivity index (χ4v) is 2.36. The van der Waals surface area contributed by atoms with Gasteiger partial charge in [0.1, 0.15) is 0 Å². The first-order valence-electron chi connectivity index (χ1n) is 7.78. The van der Waals surface area contributed by atoms with Crippen LogP contribution in [-0.4, -0.2) is 24.1 Å². The Bertz CT molecular complexity index is 213. The minimum Gasteiger partial charge on any atom is -0.273 e. The number of hydrogen-bond acceptors (Lipinski definition) is 2. The van der Waals surface area contributed by atoms with Crippen molar-refractivity contribution in [3.63, 3.8) is 0 Å². The minimum atomic E-state index is 0.176. The van der Waals surface area contributed by atoms with Crippen molar-refractivity contribution in [2.45, 2.75) is 77.6 Å². The van der Waals surface area contributed by atoms with Crippen molar-refractivity contribution in [1.82, 2.24) is 5.06 Å². The maximum atomic E-state index is 11.7. The first-order valence-corrected chi connectivity index (χ1v) is 7.78. The fourth-order valence-electron chi connectivity index (χ4n) is 2.36. The number of unbranched alkanes of at least 4 members (excludes halogenated alkanes) is 8. The molecule has 0 spiro atoms. The molecular weight excluding hydrogens is 226 g/mol.